The SMILES string of the molecule is CCNC(=NCc1cc(OC)ccc1OC(F)F)NCC(c1ccco1)N(C)C.I. The molecule has 0 aliphatic rings. The van der Waals surface area contributed by atoms with E-state index in [1.165, 1.54) is 13.2 Å². The number of rotatable bonds is 10. The molecule has 0 spiro atoms. The van der Waals surface area contributed by atoms with Crippen LogP contribution in [0.4, 0.5) is 8.78 Å². The number of ether oxygens (including phenoxy) is 2. The molecule has 1 heterocycles. The summed E-state index contributed by atoms with van der Waals surface area (Å²) < 4.78 is 40.7. The molecule has 0 radical (unpaired) electrons. The minimum Gasteiger partial charge on any atom is -0.497 e. The molecule has 0 saturated heterocycles. The molecule has 7 nitrogen and oxygen atoms in total. The molecule has 0 saturated carbocycles. The van der Waals surface area contributed by atoms with E-state index in [1.807, 2.05) is 38.1 Å². The van der Waals surface area contributed by atoms with E-state index in [-0.39, 0.29) is 42.3 Å². The molecule has 0 fully saturated rings. The van der Waals surface area contributed by atoms with E-state index in [0.717, 1.165) is 5.76 Å². The Hall–Kier alpha value is -2.08. The number of likely N-dealkylation sites (N-methyl/N-ethyl adjacent to an activating group) is 1. The van der Waals surface area contributed by atoms with Gasteiger partial charge < -0.3 is 24.5 Å². The maximum atomic E-state index is 12.7. The van der Waals surface area contributed by atoms with Crippen LogP contribution in [0.2, 0.25) is 0 Å². The fourth-order valence-corrected chi connectivity index (χ4v) is 2.74. The lowest BCUT2D eigenvalue weighted by molar-refractivity contribution is -0.0504. The molecule has 0 aliphatic carbocycles. The maximum absolute atomic E-state index is 12.7. The van der Waals surface area contributed by atoms with Crippen LogP contribution in [-0.4, -0.2) is 51.8 Å². The van der Waals surface area contributed by atoms with Crippen LogP contribution >= 0.6 is 24.0 Å². The van der Waals surface area contributed by atoms with Crippen LogP contribution in [0, 0.1) is 0 Å². The number of aliphatic imine (C=N–C) groups is 1. The molecule has 0 aliphatic heterocycles. The van der Waals surface area contributed by atoms with Crippen molar-refractivity contribution >= 4 is 29.9 Å². The Labute approximate surface area is 192 Å². The summed E-state index contributed by atoms with van der Waals surface area (Å²) in [5.74, 6) is 2.00. The van der Waals surface area contributed by atoms with Crippen LogP contribution in [0.5, 0.6) is 11.5 Å². The molecule has 1 atom stereocenters. The van der Waals surface area contributed by atoms with Gasteiger partial charge in [-0.05, 0) is 51.4 Å². The Morgan fingerprint density at radius 1 is 1.23 bits per heavy atom. The molecule has 2 N–H and O–H groups in total. The molecule has 10 heteroatoms. The van der Waals surface area contributed by atoms with Crippen LogP contribution in [0.3, 0.4) is 0 Å². The monoisotopic (exact) mass is 538 g/mol. The number of benzene rings is 1. The fourth-order valence-electron chi connectivity index (χ4n) is 2.74. The number of halogens is 3. The average molecular weight is 538 g/mol. The summed E-state index contributed by atoms with van der Waals surface area (Å²) in [5, 5.41) is 6.42. The zero-order chi connectivity index (χ0) is 21.2. The number of nitrogens with one attached hydrogen (secondary N) is 2. The Bertz CT molecular complexity index is 773. The Kier molecular flexibility index (Phi) is 11.5. The van der Waals surface area contributed by atoms with Crippen molar-refractivity contribution in [1.82, 2.24) is 15.5 Å². The van der Waals surface area contributed by atoms with Gasteiger partial charge in [-0.1, -0.05) is 0 Å². The van der Waals surface area contributed by atoms with Crippen molar-refractivity contribution in [3.05, 3.63) is 47.9 Å². The standard InChI is InChI=1S/C20H28F2N4O3.HI/c1-5-23-20(25-13-16(26(2)3)18-7-6-10-28-18)24-12-14-11-15(27-4)8-9-17(14)29-19(21)22;/h6-11,16,19H,5,12-13H2,1-4H3,(H2,23,24,25);1H. The van der Waals surface area contributed by atoms with Crippen molar-refractivity contribution in [2.24, 2.45) is 4.99 Å². The topological polar surface area (TPSA) is 71.3 Å². The summed E-state index contributed by atoms with van der Waals surface area (Å²) in [6.45, 7) is 0.376. The number of hydrogen-bond donors (Lipinski definition) is 2. The molecule has 0 amide bonds. The van der Waals surface area contributed by atoms with E-state index in [0.29, 0.717) is 30.4 Å². The highest BCUT2D eigenvalue weighted by molar-refractivity contribution is 14.0. The van der Waals surface area contributed by atoms with E-state index >= 15 is 0 Å². The second kappa shape index (κ2) is 13.3. The van der Waals surface area contributed by atoms with Crippen LogP contribution < -0.4 is 20.1 Å². The number of nitrogens with zero attached hydrogens (tertiary/aromatic N) is 2. The molecule has 1 aromatic heterocycles. The normalized spacial score (nSPS) is 12.5. The Morgan fingerprint density at radius 2 is 2.00 bits per heavy atom. The molecule has 0 bridgehead atoms. The minimum atomic E-state index is -2.91. The lowest BCUT2D eigenvalue weighted by atomic mass is 10.2. The molecule has 1 unspecified atom stereocenters. The van der Waals surface area contributed by atoms with Gasteiger partial charge in [-0.3, -0.25) is 4.90 Å². The van der Waals surface area contributed by atoms with Crippen molar-refractivity contribution in [1.29, 1.82) is 0 Å². The van der Waals surface area contributed by atoms with Gasteiger partial charge in [0.15, 0.2) is 5.96 Å². The summed E-state index contributed by atoms with van der Waals surface area (Å²) in [7, 11) is 5.43. The molecule has 2 rings (SSSR count). The third-order valence-corrected chi connectivity index (χ3v) is 4.19. The smallest absolute Gasteiger partial charge is 0.387 e. The zero-order valence-electron chi connectivity index (χ0n) is 17.5. The first-order valence-corrected chi connectivity index (χ1v) is 9.28. The predicted molar refractivity (Wildman–Crippen MR) is 123 cm³/mol. The zero-order valence-corrected chi connectivity index (χ0v) is 19.9. The van der Waals surface area contributed by atoms with E-state index < -0.39 is 6.61 Å². The van der Waals surface area contributed by atoms with Crippen molar-refractivity contribution in [2.75, 3.05) is 34.3 Å². The van der Waals surface area contributed by atoms with Crippen LogP contribution in [0.25, 0.3) is 0 Å². The number of methoxy groups -OCH3 is 1. The molecule has 1 aromatic carbocycles. The Morgan fingerprint density at radius 3 is 2.57 bits per heavy atom. The van der Waals surface area contributed by atoms with Crippen molar-refractivity contribution in [3.63, 3.8) is 0 Å². The number of guanidine groups is 1. The molecule has 168 valence electrons. The largest absolute Gasteiger partial charge is 0.497 e. The van der Waals surface area contributed by atoms with Crippen molar-refractivity contribution in [3.8, 4) is 11.5 Å². The molecule has 2 aromatic rings. The predicted octanol–water partition coefficient (Wildman–Crippen LogP) is 3.87. The number of hydrogen-bond acceptors (Lipinski definition) is 5. The van der Waals surface area contributed by atoms with Crippen LogP contribution in [0.1, 0.15) is 24.3 Å². The quantitative estimate of drug-likeness (QED) is 0.272. The summed E-state index contributed by atoms with van der Waals surface area (Å²) in [6.07, 6.45) is 1.64. The van der Waals surface area contributed by atoms with E-state index in [2.05, 4.69) is 20.4 Å². The average Bonchev–Trinajstić information content (AvgIpc) is 3.20. The van der Waals surface area contributed by atoms with Crippen LogP contribution in [0.15, 0.2) is 46.0 Å². The molecule has 30 heavy (non-hydrogen) atoms. The summed E-state index contributed by atoms with van der Waals surface area (Å²) >= 11 is 0. The maximum Gasteiger partial charge on any atom is 0.387 e. The highest BCUT2D eigenvalue weighted by atomic mass is 127. The summed E-state index contributed by atoms with van der Waals surface area (Å²) in [6, 6.07) is 8.42. The van der Waals surface area contributed by atoms with Crippen LogP contribution in [-0.2, 0) is 6.54 Å². The lowest BCUT2D eigenvalue weighted by Gasteiger charge is -2.23. The van der Waals surface area contributed by atoms with E-state index in [9.17, 15) is 8.78 Å². The third-order valence-electron chi connectivity index (χ3n) is 4.19. The van der Waals surface area contributed by atoms with E-state index in [4.69, 9.17) is 9.15 Å². The number of furan rings is 1. The first kappa shape index (κ1) is 26.0. The van der Waals surface area contributed by atoms with Gasteiger partial charge in [-0.25, -0.2) is 4.99 Å². The minimum absolute atomic E-state index is 0. The first-order chi connectivity index (χ1) is 13.9. The third kappa shape index (κ3) is 7.98. The fraction of sp³-hybridized carbons (Fsp3) is 0.450. The highest BCUT2D eigenvalue weighted by Crippen LogP contribution is 2.26. The van der Waals surface area contributed by atoms with Crippen molar-refractivity contribution in [2.45, 2.75) is 26.1 Å². The highest BCUT2D eigenvalue weighted by Gasteiger charge is 2.17. The number of alkyl halides is 2. The van der Waals surface area contributed by atoms with E-state index in [1.54, 1.807) is 18.4 Å². The Balaban J connectivity index is 0.00000450. The van der Waals surface area contributed by atoms with Gasteiger partial charge in [-0.2, -0.15) is 8.78 Å². The van der Waals surface area contributed by atoms with Crippen molar-refractivity contribution < 1.29 is 22.7 Å². The van der Waals surface area contributed by atoms with Gasteiger partial charge >= 0.3 is 6.61 Å². The first-order valence-electron chi connectivity index (χ1n) is 9.28. The van der Waals surface area contributed by atoms with Gasteiger partial charge in [0.2, 0.25) is 0 Å². The van der Waals surface area contributed by atoms with Gasteiger partial charge in [0.05, 0.1) is 26.0 Å². The summed E-state index contributed by atoms with van der Waals surface area (Å²) in [5.41, 5.74) is 0.497. The second-order valence-electron chi connectivity index (χ2n) is 6.42. The van der Waals surface area contributed by atoms with Gasteiger partial charge in [0.25, 0.3) is 0 Å². The molecular formula is C20H29F2IN4O3. The van der Waals surface area contributed by atoms with Gasteiger partial charge in [0, 0.05) is 18.7 Å². The van der Waals surface area contributed by atoms with Gasteiger partial charge in [0.1, 0.15) is 17.3 Å². The second-order valence-corrected chi connectivity index (χ2v) is 6.42. The van der Waals surface area contributed by atoms with Gasteiger partial charge in [-0.15, -0.1) is 24.0 Å². The summed E-state index contributed by atoms with van der Waals surface area (Å²) in [4.78, 5) is 6.54. The molecular weight excluding hydrogens is 509 g/mol. The lowest BCUT2D eigenvalue weighted by Crippen LogP contribution is -2.41.